The van der Waals surface area contributed by atoms with Crippen molar-refractivity contribution in [1.29, 1.82) is 0 Å². The molecule has 0 heterocycles. The van der Waals surface area contributed by atoms with Crippen LogP contribution in [0.1, 0.15) is 13.3 Å². The zero-order valence-electron chi connectivity index (χ0n) is 9.24. The molecule has 1 amide bonds. The Morgan fingerprint density at radius 1 is 1.53 bits per heavy atom. The van der Waals surface area contributed by atoms with Crippen molar-refractivity contribution in [3.8, 4) is 5.75 Å². The van der Waals surface area contributed by atoms with Crippen LogP contribution in [0.25, 0.3) is 0 Å². The molecule has 1 N–H and O–H groups in total. The van der Waals surface area contributed by atoms with E-state index in [0.29, 0.717) is 15.8 Å². The fourth-order valence-electron chi connectivity index (χ4n) is 0.977. The number of nitrogens with zero attached hydrogens (tertiary/aromatic N) is 1. The predicted molar refractivity (Wildman–Crippen MR) is 68.9 cm³/mol. The lowest BCUT2D eigenvalue weighted by atomic mass is 10.3. The molecule has 0 spiro atoms. The fraction of sp³-hybridized carbons (Fsp3) is 0.273. The van der Waals surface area contributed by atoms with Crippen molar-refractivity contribution in [2.24, 2.45) is 5.10 Å². The number of hydrazone groups is 1. The van der Waals surface area contributed by atoms with E-state index in [1.54, 1.807) is 24.4 Å². The Labute approximate surface area is 110 Å². The number of carbonyl (C=O) groups is 1. The van der Waals surface area contributed by atoms with Crippen molar-refractivity contribution in [1.82, 2.24) is 5.43 Å². The summed E-state index contributed by atoms with van der Waals surface area (Å²) in [5, 5.41) is 4.56. The highest BCUT2D eigenvalue weighted by Crippen LogP contribution is 2.27. The monoisotopic (exact) mass is 274 g/mol. The van der Waals surface area contributed by atoms with Gasteiger partial charge in [-0.3, -0.25) is 4.79 Å². The molecule has 1 rings (SSSR count). The minimum atomic E-state index is -0.347. The van der Waals surface area contributed by atoms with Crippen LogP contribution in [0.4, 0.5) is 0 Å². The standard InChI is InChI=1S/C11H12Cl2N2O2/c1-2-5-14-15-11(16)7-17-10-4-3-8(12)6-9(10)13/h3-6H,2,7H2,1H3,(H,15,16)/b14-5+. The van der Waals surface area contributed by atoms with E-state index in [0.717, 1.165) is 6.42 Å². The van der Waals surface area contributed by atoms with Gasteiger partial charge >= 0.3 is 0 Å². The molecular weight excluding hydrogens is 263 g/mol. The minimum absolute atomic E-state index is 0.150. The number of hydrogen-bond acceptors (Lipinski definition) is 3. The normalized spacial score (nSPS) is 10.5. The molecule has 0 saturated carbocycles. The van der Waals surface area contributed by atoms with E-state index in [1.165, 1.54) is 0 Å². The van der Waals surface area contributed by atoms with Crippen molar-refractivity contribution in [2.45, 2.75) is 13.3 Å². The number of benzene rings is 1. The predicted octanol–water partition coefficient (Wildman–Crippen LogP) is 2.88. The van der Waals surface area contributed by atoms with E-state index in [-0.39, 0.29) is 12.5 Å². The van der Waals surface area contributed by atoms with Crippen LogP contribution in [0.15, 0.2) is 23.3 Å². The first-order valence-electron chi connectivity index (χ1n) is 5.01. The zero-order valence-corrected chi connectivity index (χ0v) is 10.8. The lowest BCUT2D eigenvalue weighted by molar-refractivity contribution is -0.123. The Morgan fingerprint density at radius 3 is 2.94 bits per heavy atom. The van der Waals surface area contributed by atoms with Gasteiger partial charge in [0.2, 0.25) is 0 Å². The number of carbonyl (C=O) groups excluding carboxylic acids is 1. The van der Waals surface area contributed by atoms with Crippen molar-refractivity contribution in [3.05, 3.63) is 28.2 Å². The lowest BCUT2D eigenvalue weighted by Crippen LogP contribution is -2.24. The molecule has 0 unspecified atom stereocenters. The molecular formula is C11H12Cl2N2O2. The third-order valence-electron chi connectivity index (χ3n) is 1.72. The van der Waals surface area contributed by atoms with Crippen molar-refractivity contribution in [2.75, 3.05) is 6.61 Å². The summed E-state index contributed by atoms with van der Waals surface area (Å²) in [7, 11) is 0. The van der Waals surface area contributed by atoms with Crippen molar-refractivity contribution >= 4 is 35.3 Å². The number of rotatable bonds is 5. The molecule has 4 nitrogen and oxygen atoms in total. The Kier molecular flexibility index (Phi) is 5.80. The average Bonchev–Trinajstić information content (AvgIpc) is 2.28. The van der Waals surface area contributed by atoms with E-state index in [4.69, 9.17) is 27.9 Å². The van der Waals surface area contributed by atoms with Crippen molar-refractivity contribution < 1.29 is 9.53 Å². The SMILES string of the molecule is CC/C=N/NC(=O)COc1ccc(Cl)cc1Cl. The van der Waals surface area contributed by atoms with Gasteiger partial charge in [0.05, 0.1) is 5.02 Å². The smallest absolute Gasteiger partial charge is 0.277 e. The van der Waals surface area contributed by atoms with Gasteiger partial charge in [-0.2, -0.15) is 5.10 Å². The summed E-state index contributed by atoms with van der Waals surface area (Å²) in [6.07, 6.45) is 2.34. The Morgan fingerprint density at radius 2 is 2.29 bits per heavy atom. The van der Waals surface area contributed by atoms with E-state index in [9.17, 15) is 4.79 Å². The third kappa shape index (κ3) is 5.06. The molecule has 17 heavy (non-hydrogen) atoms. The highest BCUT2D eigenvalue weighted by Gasteiger charge is 2.05. The second-order valence-electron chi connectivity index (χ2n) is 3.12. The number of ether oxygens (including phenoxy) is 1. The summed E-state index contributed by atoms with van der Waals surface area (Å²) in [4.78, 5) is 11.3. The lowest BCUT2D eigenvalue weighted by Gasteiger charge is -2.06. The van der Waals surface area contributed by atoms with Gasteiger partial charge in [-0.1, -0.05) is 30.1 Å². The molecule has 1 aromatic rings. The highest BCUT2D eigenvalue weighted by atomic mass is 35.5. The van der Waals surface area contributed by atoms with Crippen LogP contribution in [0.3, 0.4) is 0 Å². The molecule has 0 aliphatic heterocycles. The summed E-state index contributed by atoms with van der Waals surface area (Å²) in [5.41, 5.74) is 2.32. The van der Waals surface area contributed by atoms with Crippen molar-refractivity contribution in [3.63, 3.8) is 0 Å². The second-order valence-corrected chi connectivity index (χ2v) is 3.96. The average molecular weight is 275 g/mol. The molecule has 0 saturated heterocycles. The van der Waals surface area contributed by atoms with Gasteiger partial charge in [0, 0.05) is 11.2 Å². The topological polar surface area (TPSA) is 50.7 Å². The minimum Gasteiger partial charge on any atom is -0.482 e. The summed E-state index contributed by atoms with van der Waals surface area (Å²) >= 11 is 11.6. The van der Waals surface area contributed by atoms with Crippen LogP contribution in [-0.2, 0) is 4.79 Å². The molecule has 1 aromatic carbocycles. The van der Waals surface area contributed by atoms with Crippen LogP contribution in [-0.4, -0.2) is 18.7 Å². The molecule has 0 fully saturated rings. The molecule has 0 aliphatic carbocycles. The van der Waals surface area contributed by atoms with Gasteiger partial charge in [0.15, 0.2) is 6.61 Å². The Balaban J connectivity index is 2.44. The zero-order chi connectivity index (χ0) is 12.7. The van der Waals surface area contributed by atoms with Crippen LogP contribution in [0, 0.1) is 0 Å². The maximum atomic E-state index is 11.3. The first-order valence-corrected chi connectivity index (χ1v) is 5.77. The van der Waals surface area contributed by atoms with E-state index in [2.05, 4.69) is 10.5 Å². The molecule has 0 radical (unpaired) electrons. The van der Waals surface area contributed by atoms with Gasteiger partial charge in [-0.25, -0.2) is 5.43 Å². The van der Waals surface area contributed by atoms with Crippen LogP contribution in [0.5, 0.6) is 5.75 Å². The number of amides is 1. The summed E-state index contributed by atoms with van der Waals surface area (Å²) in [6.45, 7) is 1.77. The fourth-order valence-corrected chi connectivity index (χ4v) is 1.44. The van der Waals surface area contributed by atoms with E-state index >= 15 is 0 Å². The van der Waals surface area contributed by atoms with Crippen LogP contribution >= 0.6 is 23.2 Å². The Hall–Kier alpha value is -1.26. The molecule has 0 aliphatic rings. The summed E-state index contributed by atoms with van der Waals surface area (Å²) in [6, 6.07) is 4.79. The molecule has 0 bridgehead atoms. The maximum Gasteiger partial charge on any atom is 0.277 e. The maximum absolute atomic E-state index is 11.3. The summed E-state index contributed by atoms with van der Waals surface area (Å²) < 4.78 is 5.21. The van der Waals surface area contributed by atoms with Gasteiger partial charge in [0.1, 0.15) is 5.75 Å². The largest absolute Gasteiger partial charge is 0.482 e. The van der Waals surface area contributed by atoms with Crippen LogP contribution in [0.2, 0.25) is 10.0 Å². The first kappa shape index (κ1) is 13.8. The van der Waals surface area contributed by atoms with Crippen LogP contribution < -0.4 is 10.2 Å². The van der Waals surface area contributed by atoms with Gasteiger partial charge < -0.3 is 4.74 Å². The van der Waals surface area contributed by atoms with E-state index < -0.39 is 0 Å². The molecule has 0 aromatic heterocycles. The number of nitrogens with one attached hydrogen (secondary N) is 1. The van der Waals surface area contributed by atoms with E-state index in [1.807, 2.05) is 6.92 Å². The molecule has 92 valence electrons. The highest BCUT2D eigenvalue weighted by molar-refractivity contribution is 6.35. The molecule has 0 atom stereocenters. The second kappa shape index (κ2) is 7.14. The van der Waals surface area contributed by atoms with Gasteiger partial charge in [0.25, 0.3) is 5.91 Å². The quantitative estimate of drug-likeness (QED) is 0.663. The van der Waals surface area contributed by atoms with Gasteiger partial charge in [-0.05, 0) is 24.6 Å². The summed E-state index contributed by atoms with van der Waals surface area (Å²) in [5.74, 6) is 0.0615. The molecule has 6 heteroatoms. The number of halogens is 2. The Bertz CT molecular complexity index is 422. The first-order chi connectivity index (χ1) is 8.13. The van der Waals surface area contributed by atoms with Gasteiger partial charge in [-0.15, -0.1) is 0 Å². The number of hydrogen-bond donors (Lipinski definition) is 1. The third-order valence-corrected chi connectivity index (χ3v) is 2.25.